The third-order valence-electron chi connectivity index (χ3n) is 4.08. The summed E-state index contributed by atoms with van der Waals surface area (Å²) in [5.74, 6) is 0.203. The van der Waals surface area contributed by atoms with Crippen LogP contribution in [0, 0.1) is 0 Å². The second kappa shape index (κ2) is 9.81. The standard InChI is InChI=1S/C23H16N6O3/c30-22-11-16-5-1-2-8-19(16)29-21-13-20(26-15-27-21)28-17-6-3-7-18(12-17)32-10-4-9-24-23(31)14-25-22/h1-15H,(H,26,27,28)/b10-4-,16-11-,24-9-,25-14-,29-19-. The van der Waals surface area contributed by atoms with Gasteiger partial charge in [-0.2, -0.15) is 0 Å². The Bertz CT molecular complexity index is 1380. The first-order chi connectivity index (χ1) is 15.7. The van der Waals surface area contributed by atoms with E-state index >= 15 is 0 Å². The molecule has 0 unspecified atom stereocenters. The topological polar surface area (TPSA) is 118 Å². The highest BCUT2D eigenvalue weighted by atomic mass is 16.5. The Hall–Kier alpha value is -4.79. The molecule has 3 aromatic rings. The van der Waals surface area contributed by atoms with Crippen molar-refractivity contribution in [3.63, 3.8) is 0 Å². The normalized spacial score (nSPS) is 18.9. The molecule has 0 radical (unpaired) electrons. The number of anilines is 2. The molecule has 1 aromatic heterocycles. The second-order valence-corrected chi connectivity index (χ2v) is 6.39. The lowest BCUT2D eigenvalue weighted by Gasteiger charge is -2.07. The number of fused-ring (bicyclic) bond motifs is 5. The molecule has 0 spiro atoms. The Kier molecular flexibility index (Phi) is 6.28. The highest BCUT2D eigenvalue weighted by Gasteiger charge is 2.02. The molecule has 0 saturated heterocycles. The molecule has 4 rings (SSSR count). The summed E-state index contributed by atoms with van der Waals surface area (Å²) in [6.07, 6.45) is 7.61. The fraction of sp³-hybridized carbons (Fsp3) is 0. The molecule has 0 atom stereocenters. The third-order valence-corrected chi connectivity index (χ3v) is 4.08. The highest BCUT2D eigenvalue weighted by Crippen LogP contribution is 2.21. The molecule has 0 aliphatic carbocycles. The SMILES string of the molecule is O=C1/C=N\C(=O)/C=c2/cccc/c2=N/c2cc(ncn2)Nc2cccc(c2)O/C=C\C=N/1. The van der Waals surface area contributed by atoms with E-state index in [0.717, 1.165) is 11.9 Å². The van der Waals surface area contributed by atoms with E-state index in [0.29, 0.717) is 28.0 Å². The molecular formula is C23H16N6O3. The highest BCUT2D eigenvalue weighted by molar-refractivity contribution is 6.31. The Morgan fingerprint density at radius 3 is 2.72 bits per heavy atom. The number of amides is 2. The van der Waals surface area contributed by atoms with E-state index in [1.165, 1.54) is 31.0 Å². The number of aromatic nitrogens is 2. The number of rotatable bonds is 0. The van der Waals surface area contributed by atoms with Crippen LogP contribution < -0.4 is 20.6 Å². The summed E-state index contributed by atoms with van der Waals surface area (Å²) in [5.41, 5.74) is 0.745. The van der Waals surface area contributed by atoms with Gasteiger partial charge in [0.15, 0.2) is 5.82 Å². The van der Waals surface area contributed by atoms with Crippen LogP contribution in [-0.2, 0) is 9.59 Å². The lowest BCUT2D eigenvalue weighted by Crippen LogP contribution is -2.25. The van der Waals surface area contributed by atoms with E-state index in [2.05, 4.69) is 30.3 Å². The molecule has 4 bridgehead atoms. The molecule has 9 nitrogen and oxygen atoms in total. The number of nitrogens with one attached hydrogen (secondary N) is 1. The number of hydrogen-bond donors (Lipinski definition) is 1. The monoisotopic (exact) mass is 424 g/mol. The Labute approximate surface area is 182 Å². The van der Waals surface area contributed by atoms with Gasteiger partial charge in [0.2, 0.25) is 0 Å². The van der Waals surface area contributed by atoms with E-state index in [9.17, 15) is 9.59 Å². The van der Waals surface area contributed by atoms with Gasteiger partial charge in [-0.05, 0) is 24.3 Å². The van der Waals surface area contributed by atoms with Gasteiger partial charge in [-0.15, -0.1) is 0 Å². The first-order valence-corrected chi connectivity index (χ1v) is 9.48. The van der Waals surface area contributed by atoms with Crippen LogP contribution in [0.15, 0.2) is 88.2 Å². The fourth-order valence-corrected chi connectivity index (χ4v) is 2.70. The first kappa shape index (κ1) is 20.5. The minimum absolute atomic E-state index is 0.397. The Morgan fingerprint density at radius 2 is 1.78 bits per heavy atom. The number of para-hydroxylation sites is 1. The van der Waals surface area contributed by atoms with Crippen LogP contribution in [0.5, 0.6) is 5.75 Å². The summed E-state index contributed by atoms with van der Waals surface area (Å²) in [7, 11) is 0. The lowest BCUT2D eigenvalue weighted by molar-refractivity contribution is -0.113. The van der Waals surface area contributed by atoms with Crippen molar-refractivity contribution in [3.8, 4) is 5.75 Å². The lowest BCUT2D eigenvalue weighted by atomic mass is 10.2. The third kappa shape index (κ3) is 5.63. The summed E-state index contributed by atoms with van der Waals surface area (Å²) >= 11 is 0. The summed E-state index contributed by atoms with van der Waals surface area (Å²) in [4.78, 5) is 44.1. The summed E-state index contributed by atoms with van der Waals surface area (Å²) in [6.45, 7) is 0. The van der Waals surface area contributed by atoms with Crippen molar-refractivity contribution >= 4 is 47.6 Å². The molecule has 2 heterocycles. The van der Waals surface area contributed by atoms with Crippen LogP contribution in [0.3, 0.4) is 0 Å². The molecule has 1 N–H and O–H groups in total. The molecule has 2 amide bonds. The van der Waals surface area contributed by atoms with Crippen molar-refractivity contribution in [3.05, 3.63) is 83.8 Å². The van der Waals surface area contributed by atoms with Crippen LogP contribution in [-0.4, -0.2) is 34.2 Å². The van der Waals surface area contributed by atoms with Gasteiger partial charge in [0, 0.05) is 35.3 Å². The number of allylic oxidation sites excluding steroid dienone is 1. The van der Waals surface area contributed by atoms with Gasteiger partial charge in [-0.25, -0.2) is 24.9 Å². The van der Waals surface area contributed by atoms with Gasteiger partial charge in [0.25, 0.3) is 11.8 Å². The molecule has 156 valence electrons. The zero-order chi connectivity index (χ0) is 22.2. The molecule has 0 fully saturated rings. The van der Waals surface area contributed by atoms with Crippen molar-refractivity contribution < 1.29 is 14.3 Å². The summed E-state index contributed by atoms with van der Waals surface area (Å²) in [5, 5.41) is 4.22. The van der Waals surface area contributed by atoms with Crippen molar-refractivity contribution in [2.24, 2.45) is 15.0 Å². The van der Waals surface area contributed by atoms with Gasteiger partial charge in [0.05, 0.1) is 17.8 Å². The van der Waals surface area contributed by atoms with Gasteiger partial charge in [-0.3, -0.25) is 9.59 Å². The maximum Gasteiger partial charge on any atom is 0.288 e. The Morgan fingerprint density at radius 1 is 0.875 bits per heavy atom. The van der Waals surface area contributed by atoms with E-state index in [4.69, 9.17) is 4.74 Å². The minimum atomic E-state index is -0.677. The summed E-state index contributed by atoms with van der Waals surface area (Å²) in [6, 6.07) is 15.9. The number of hydrogen-bond acceptors (Lipinski definition) is 7. The molecule has 1 aliphatic heterocycles. The van der Waals surface area contributed by atoms with Crippen molar-refractivity contribution in [1.82, 2.24) is 9.97 Å². The van der Waals surface area contributed by atoms with Gasteiger partial charge >= 0.3 is 0 Å². The van der Waals surface area contributed by atoms with Gasteiger partial charge < -0.3 is 10.1 Å². The molecule has 32 heavy (non-hydrogen) atoms. The summed E-state index contributed by atoms with van der Waals surface area (Å²) < 4.78 is 5.51. The van der Waals surface area contributed by atoms with Gasteiger partial charge in [-0.1, -0.05) is 24.3 Å². The van der Waals surface area contributed by atoms with E-state index in [1.54, 1.807) is 42.5 Å². The number of carbonyl (C=O) groups is 2. The van der Waals surface area contributed by atoms with Crippen LogP contribution in [0.25, 0.3) is 6.08 Å². The molecule has 2 aromatic carbocycles. The van der Waals surface area contributed by atoms with Crippen LogP contribution in [0.4, 0.5) is 17.3 Å². The van der Waals surface area contributed by atoms with Crippen molar-refractivity contribution in [2.45, 2.75) is 0 Å². The Balaban J connectivity index is 1.79. The zero-order valence-corrected chi connectivity index (χ0v) is 16.6. The maximum absolute atomic E-state index is 12.2. The van der Waals surface area contributed by atoms with E-state index in [1.807, 2.05) is 12.1 Å². The van der Waals surface area contributed by atoms with Crippen LogP contribution in [0.2, 0.25) is 0 Å². The predicted molar refractivity (Wildman–Crippen MR) is 120 cm³/mol. The number of ether oxygens (including phenoxy) is 1. The molecular weight excluding hydrogens is 408 g/mol. The smallest absolute Gasteiger partial charge is 0.288 e. The zero-order valence-electron chi connectivity index (χ0n) is 16.6. The van der Waals surface area contributed by atoms with E-state index < -0.39 is 11.8 Å². The van der Waals surface area contributed by atoms with Crippen LogP contribution in [0.1, 0.15) is 0 Å². The number of benzene rings is 2. The fourth-order valence-electron chi connectivity index (χ4n) is 2.70. The number of carbonyl (C=O) groups excluding carboxylic acids is 2. The molecule has 0 saturated carbocycles. The van der Waals surface area contributed by atoms with Crippen molar-refractivity contribution in [2.75, 3.05) is 5.32 Å². The van der Waals surface area contributed by atoms with Crippen LogP contribution >= 0.6 is 0 Å². The average Bonchev–Trinajstić information content (AvgIpc) is 2.79. The average molecular weight is 424 g/mol. The quantitative estimate of drug-likeness (QED) is 0.590. The van der Waals surface area contributed by atoms with E-state index in [-0.39, 0.29) is 0 Å². The van der Waals surface area contributed by atoms with Gasteiger partial charge in [0.1, 0.15) is 17.9 Å². The minimum Gasteiger partial charge on any atom is -0.465 e. The number of nitrogens with zero attached hydrogens (tertiary/aromatic N) is 5. The predicted octanol–water partition coefficient (Wildman–Crippen LogP) is 2.05. The second-order valence-electron chi connectivity index (χ2n) is 6.39. The van der Waals surface area contributed by atoms with Crippen molar-refractivity contribution in [1.29, 1.82) is 0 Å². The first-order valence-electron chi connectivity index (χ1n) is 9.48. The molecule has 9 heteroatoms. The number of aliphatic imine (C=N–C) groups is 2. The largest absolute Gasteiger partial charge is 0.465 e. The molecule has 1 aliphatic rings. The maximum atomic E-state index is 12.2.